The van der Waals surface area contributed by atoms with Crippen molar-refractivity contribution in [3.8, 4) is 0 Å². The van der Waals surface area contributed by atoms with Crippen molar-refractivity contribution in [3.05, 3.63) is 0 Å². The maximum atomic E-state index is 12.7. The third-order valence-electron chi connectivity index (χ3n) is 11.4. The lowest BCUT2D eigenvalue weighted by Crippen LogP contribution is -2.30. The minimum Gasteiger partial charge on any atom is -0.462 e. The zero-order chi connectivity index (χ0) is 40.3. The van der Waals surface area contributed by atoms with Gasteiger partial charge in [-0.2, -0.15) is 0 Å². The number of esters is 3. The van der Waals surface area contributed by atoms with Crippen molar-refractivity contribution in [2.75, 3.05) is 13.2 Å². The average molecular weight is 779 g/mol. The van der Waals surface area contributed by atoms with Crippen LogP contribution in [0.1, 0.15) is 272 Å². The van der Waals surface area contributed by atoms with Gasteiger partial charge in [-0.25, -0.2) is 0 Å². The Bertz CT molecular complexity index is 828. The monoisotopic (exact) mass is 779 g/mol. The molecule has 0 aliphatic rings. The highest BCUT2D eigenvalue weighted by Gasteiger charge is 2.19. The number of unbranched alkanes of at least 4 members (excludes halogenated alkanes) is 30. The van der Waals surface area contributed by atoms with Gasteiger partial charge in [-0.3, -0.25) is 14.4 Å². The van der Waals surface area contributed by atoms with Crippen LogP contribution in [0.25, 0.3) is 0 Å². The lowest BCUT2D eigenvalue weighted by Gasteiger charge is -2.18. The molecule has 0 amide bonds. The average Bonchev–Trinajstić information content (AvgIpc) is 3.18. The fourth-order valence-electron chi connectivity index (χ4n) is 7.30. The van der Waals surface area contributed by atoms with Gasteiger partial charge in [0.05, 0.1) is 0 Å². The Morgan fingerprint density at radius 3 is 0.945 bits per heavy atom. The third-order valence-corrected chi connectivity index (χ3v) is 11.4. The van der Waals surface area contributed by atoms with E-state index in [0.29, 0.717) is 19.3 Å². The molecule has 0 heterocycles. The molecule has 326 valence electrons. The van der Waals surface area contributed by atoms with Crippen molar-refractivity contribution in [1.29, 1.82) is 0 Å². The van der Waals surface area contributed by atoms with Crippen LogP contribution in [0.3, 0.4) is 0 Å². The first-order valence-corrected chi connectivity index (χ1v) is 24.4. The molecule has 0 spiro atoms. The fraction of sp³-hybridized carbons (Fsp3) is 0.939. The maximum absolute atomic E-state index is 12.7. The van der Waals surface area contributed by atoms with E-state index in [1.807, 2.05) is 0 Å². The molecular formula is C49H94O6. The molecule has 0 saturated carbocycles. The molecular weight excluding hydrogens is 685 g/mol. The predicted octanol–water partition coefficient (Wildman–Crippen LogP) is 15.5. The Morgan fingerprint density at radius 2 is 0.636 bits per heavy atom. The molecule has 0 N–H and O–H groups in total. The fourth-order valence-corrected chi connectivity index (χ4v) is 7.30. The summed E-state index contributed by atoms with van der Waals surface area (Å²) in [6.45, 7) is 9.03. The molecule has 55 heavy (non-hydrogen) atoms. The number of hydrogen-bond acceptors (Lipinski definition) is 6. The van der Waals surface area contributed by atoms with E-state index >= 15 is 0 Å². The summed E-state index contributed by atoms with van der Waals surface area (Å²) in [7, 11) is 0. The Hall–Kier alpha value is -1.59. The van der Waals surface area contributed by atoms with Crippen molar-refractivity contribution in [2.45, 2.75) is 278 Å². The molecule has 0 rings (SSSR count). The third kappa shape index (κ3) is 41.9. The normalized spacial score (nSPS) is 12.4. The van der Waals surface area contributed by atoms with Crippen molar-refractivity contribution in [2.24, 2.45) is 5.92 Å². The van der Waals surface area contributed by atoms with E-state index in [9.17, 15) is 14.4 Å². The summed E-state index contributed by atoms with van der Waals surface area (Å²) in [4.78, 5) is 37.7. The van der Waals surface area contributed by atoms with Gasteiger partial charge < -0.3 is 14.2 Å². The van der Waals surface area contributed by atoms with E-state index in [4.69, 9.17) is 14.2 Å². The lowest BCUT2D eigenvalue weighted by atomic mass is 9.99. The number of ether oxygens (including phenoxy) is 3. The number of carbonyl (C=O) groups is 3. The Balaban J connectivity index is 4.22. The second-order valence-corrected chi connectivity index (χ2v) is 17.0. The van der Waals surface area contributed by atoms with E-state index < -0.39 is 6.10 Å². The molecule has 0 fully saturated rings. The lowest BCUT2D eigenvalue weighted by molar-refractivity contribution is -0.167. The van der Waals surface area contributed by atoms with Crippen LogP contribution in [0.2, 0.25) is 0 Å². The second-order valence-electron chi connectivity index (χ2n) is 17.0. The summed E-state index contributed by atoms with van der Waals surface area (Å²) < 4.78 is 16.7. The summed E-state index contributed by atoms with van der Waals surface area (Å²) in [6.07, 6.45) is 43.7. The predicted molar refractivity (Wildman–Crippen MR) is 233 cm³/mol. The molecule has 6 heteroatoms. The van der Waals surface area contributed by atoms with Gasteiger partial charge in [0.15, 0.2) is 6.10 Å². The van der Waals surface area contributed by atoms with Crippen LogP contribution >= 0.6 is 0 Å². The highest BCUT2D eigenvalue weighted by atomic mass is 16.6. The summed E-state index contributed by atoms with van der Waals surface area (Å²) >= 11 is 0. The molecule has 0 radical (unpaired) electrons. The Labute approximate surface area is 342 Å². The SMILES string of the molecule is CCCCCCCCCCCCC(=O)O[C@@H](COC(=O)CCCCCCCCCCC)COC(=O)CCCCCCCCCCCCCCCCC(C)CC. The highest BCUT2D eigenvalue weighted by Crippen LogP contribution is 2.17. The maximum Gasteiger partial charge on any atom is 0.306 e. The first kappa shape index (κ1) is 53.4. The van der Waals surface area contributed by atoms with Crippen LogP contribution in [-0.2, 0) is 28.6 Å². The quantitative estimate of drug-likeness (QED) is 0.0348. The zero-order valence-corrected chi connectivity index (χ0v) is 37.4. The van der Waals surface area contributed by atoms with Gasteiger partial charge >= 0.3 is 17.9 Å². The summed E-state index contributed by atoms with van der Waals surface area (Å²) in [5.41, 5.74) is 0. The molecule has 1 unspecified atom stereocenters. The number of rotatable bonds is 44. The van der Waals surface area contributed by atoms with Crippen LogP contribution in [0.15, 0.2) is 0 Å². The molecule has 0 aromatic heterocycles. The van der Waals surface area contributed by atoms with Gasteiger partial charge in [0.25, 0.3) is 0 Å². The van der Waals surface area contributed by atoms with Gasteiger partial charge in [-0.05, 0) is 25.2 Å². The van der Waals surface area contributed by atoms with E-state index in [2.05, 4.69) is 27.7 Å². The summed E-state index contributed by atoms with van der Waals surface area (Å²) in [5, 5.41) is 0. The van der Waals surface area contributed by atoms with Crippen LogP contribution in [0.4, 0.5) is 0 Å². The highest BCUT2D eigenvalue weighted by molar-refractivity contribution is 5.71. The number of hydrogen-bond donors (Lipinski definition) is 0. The summed E-state index contributed by atoms with van der Waals surface area (Å²) in [5.74, 6) is 0.0427. The molecule has 0 saturated heterocycles. The van der Waals surface area contributed by atoms with E-state index in [0.717, 1.165) is 63.7 Å². The Kier molecular flexibility index (Phi) is 42.3. The van der Waals surface area contributed by atoms with Crippen LogP contribution in [0.5, 0.6) is 0 Å². The minimum atomic E-state index is -0.758. The molecule has 6 nitrogen and oxygen atoms in total. The second kappa shape index (κ2) is 43.5. The Morgan fingerprint density at radius 1 is 0.364 bits per heavy atom. The van der Waals surface area contributed by atoms with Gasteiger partial charge in [-0.1, -0.05) is 233 Å². The van der Waals surface area contributed by atoms with Crippen LogP contribution in [0, 0.1) is 5.92 Å². The van der Waals surface area contributed by atoms with Gasteiger partial charge in [0.1, 0.15) is 13.2 Å². The molecule has 0 bridgehead atoms. The first-order valence-electron chi connectivity index (χ1n) is 24.4. The molecule has 2 atom stereocenters. The topological polar surface area (TPSA) is 78.9 Å². The van der Waals surface area contributed by atoms with Gasteiger partial charge in [0.2, 0.25) is 0 Å². The van der Waals surface area contributed by atoms with Gasteiger partial charge in [0, 0.05) is 19.3 Å². The molecule has 0 aliphatic carbocycles. The number of carbonyl (C=O) groups excluding carboxylic acids is 3. The van der Waals surface area contributed by atoms with Crippen LogP contribution in [-0.4, -0.2) is 37.2 Å². The molecule has 0 aromatic rings. The zero-order valence-electron chi connectivity index (χ0n) is 37.4. The molecule has 0 aliphatic heterocycles. The van der Waals surface area contributed by atoms with Crippen molar-refractivity contribution in [3.63, 3.8) is 0 Å². The van der Waals surface area contributed by atoms with Gasteiger partial charge in [-0.15, -0.1) is 0 Å². The van der Waals surface area contributed by atoms with E-state index in [-0.39, 0.29) is 31.1 Å². The largest absolute Gasteiger partial charge is 0.462 e. The van der Waals surface area contributed by atoms with E-state index in [1.54, 1.807) is 0 Å². The minimum absolute atomic E-state index is 0.0633. The van der Waals surface area contributed by atoms with Crippen molar-refractivity contribution >= 4 is 17.9 Å². The molecule has 0 aromatic carbocycles. The standard InChI is InChI=1S/C49H94O6/c1-5-8-10-12-14-16-25-30-34-38-42-49(52)55-46(43-53-47(50)40-36-32-28-23-15-13-11-9-6-2)44-54-48(51)41-37-33-29-26-22-20-18-17-19-21-24-27-31-35-39-45(4)7-3/h45-46H,5-44H2,1-4H3/t45?,46-/m0/s1. The first-order chi connectivity index (χ1) is 26.9. The van der Waals surface area contributed by atoms with Crippen LogP contribution < -0.4 is 0 Å². The summed E-state index contributed by atoms with van der Waals surface area (Å²) in [6, 6.07) is 0. The van der Waals surface area contributed by atoms with E-state index in [1.165, 1.54) is 167 Å². The smallest absolute Gasteiger partial charge is 0.306 e. The van der Waals surface area contributed by atoms with Crippen molar-refractivity contribution in [1.82, 2.24) is 0 Å². The van der Waals surface area contributed by atoms with Crippen molar-refractivity contribution < 1.29 is 28.6 Å².